The minimum atomic E-state index is -0.832. The quantitative estimate of drug-likeness (QED) is 0.672. The summed E-state index contributed by atoms with van der Waals surface area (Å²) in [7, 11) is 1.52. The van der Waals surface area contributed by atoms with Crippen LogP contribution in [0.1, 0.15) is 28.3 Å². The van der Waals surface area contributed by atoms with E-state index in [2.05, 4.69) is 5.43 Å². The number of hydrazine groups is 1. The molecule has 3 nitrogen and oxygen atoms in total. The van der Waals surface area contributed by atoms with E-state index in [1.807, 2.05) is 26.0 Å². The van der Waals surface area contributed by atoms with Crippen molar-refractivity contribution in [3.05, 3.63) is 64.2 Å². The first-order valence-corrected chi connectivity index (χ1v) is 6.54. The number of nitrogens with one attached hydrogen (secondary N) is 1. The van der Waals surface area contributed by atoms with Crippen molar-refractivity contribution in [3.63, 3.8) is 0 Å². The van der Waals surface area contributed by atoms with Gasteiger partial charge >= 0.3 is 0 Å². The molecule has 3 N–H and O–H groups in total. The predicted octanol–water partition coefficient (Wildman–Crippen LogP) is 3.14. The van der Waals surface area contributed by atoms with Gasteiger partial charge < -0.3 is 4.74 Å². The summed E-state index contributed by atoms with van der Waals surface area (Å²) < 4.78 is 33.4. The summed E-state index contributed by atoms with van der Waals surface area (Å²) >= 11 is 0. The summed E-state index contributed by atoms with van der Waals surface area (Å²) in [6.07, 6.45) is 0. The lowest BCUT2D eigenvalue weighted by Crippen LogP contribution is -2.31. The van der Waals surface area contributed by atoms with Crippen LogP contribution in [0.25, 0.3) is 0 Å². The minimum absolute atomic E-state index is 0.120. The molecule has 0 aromatic heterocycles. The minimum Gasteiger partial charge on any atom is -0.496 e. The molecule has 1 atom stereocenters. The van der Waals surface area contributed by atoms with Gasteiger partial charge in [-0.15, -0.1) is 0 Å². The van der Waals surface area contributed by atoms with Gasteiger partial charge in [-0.25, -0.2) is 14.2 Å². The molecule has 2 rings (SSSR count). The van der Waals surface area contributed by atoms with E-state index in [1.54, 1.807) is 0 Å². The lowest BCUT2D eigenvalue weighted by Gasteiger charge is -2.23. The molecule has 5 heteroatoms. The highest BCUT2D eigenvalue weighted by Gasteiger charge is 2.25. The molecule has 0 fully saturated rings. The molecule has 0 bridgehead atoms. The maximum atomic E-state index is 14.0. The molecule has 0 aliphatic carbocycles. The summed E-state index contributed by atoms with van der Waals surface area (Å²) in [6, 6.07) is 6.63. The number of hydrogen-bond acceptors (Lipinski definition) is 3. The maximum absolute atomic E-state index is 14.0. The predicted molar refractivity (Wildman–Crippen MR) is 78.0 cm³/mol. The highest BCUT2D eigenvalue weighted by atomic mass is 19.1. The number of halogens is 2. The molecule has 2 aromatic rings. The van der Waals surface area contributed by atoms with Crippen LogP contribution >= 0.6 is 0 Å². The Bertz CT molecular complexity index is 639. The first-order valence-electron chi connectivity index (χ1n) is 6.54. The molecule has 0 spiro atoms. The maximum Gasteiger partial charge on any atom is 0.131 e. The van der Waals surface area contributed by atoms with E-state index in [1.165, 1.54) is 25.3 Å². The molecule has 0 saturated heterocycles. The second kappa shape index (κ2) is 6.20. The van der Waals surface area contributed by atoms with Gasteiger partial charge in [0.2, 0.25) is 0 Å². The van der Waals surface area contributed by atoms with Crippen molar-refractivity contribution in [2.45, 2.75) is 19.9 Å². The van der Waals surface area contributed by atoms with Crippen LogP contribution in [0.15, 0.2) is 30.3 Å². The molecule has 0 heterocycles. The number of aryl methyl sites for hydroxylation is 2. The first kappa shape index (κ1) is 15.4. The van der Waals surface area contributed by atoms with Crippen LogP contribution in [0.5, 0.6) is 5.75 Å². The molecule has 0 aliphatic rings. The van der Waals surface area contributed by atoms with Gasteiger partial charge in [0.15, 0.2) is 0 Å². The Morgan fingerprint density at radius 3 is 2.24 bits per heavy atom. The lowest BCUT2D eigenvalue weighted by atomic mass is 9.92. The molecular weight excluding hydrogens is 274 g/mol. The van der Waals surface area contributed by atoms with E-state index >= 15 is 0 Å². The molecule has 2 aromatic carbocycles. The number of ether oxygens (including phenoxy) is 1. The second-order valence-corrected chi connectivity index (χ2v) is 4.93. The Balaban J connectivity index is 2.68. The fourth-order valence-corrected chi connectivity index (χ4v) is 2.58. The van der Waals surface area contributed by atoms with Gasteiger partial charge in [-0.2, -0.15) is 0 Å². The number of hydrogen-bond donors (Lipinski definition) is 2. The van der Waals surface area contributed by atoms with Gasteiger partial charge in [0.25, 0.3) is 0 Å². The molecule has 0 saturated carbocycles. The van der Waals surface area contributed by atoms with Gasteiger partial charge in [-0.05, 0) is 43.2 Å². The summed E-state index contributed by atoms with van der Waals surface area (Å²) in [5.41, 5.74) is 4.83. The van der Waals surface area contributed by atoms with Crippen LogP contribution in [0.2, 0.25) is 0 Å². The topological polar surface area (TPSA) is 47.3 Å². The molecule has 0 amide bonds. The lowest BCUT2D eigenvalue weighted by molar-refractivity contribution is 0.400. The third kappa shape index (κ3) is 2.89. The van der Waals surface area contributed by atoms with E-state index in [9.17, 15) is 8.78 Å². The van der Waals surface area contributed by atoms with Crippen molar-refractivity contribution >= 4 is 0 Å². The van der Waals surface area contributed by atoms with Gasteiger partial charge in [0.1, 0.15) is 17.4 Å². The zero-order valence-corrected chi connectivity index (χ0v) is 12.2. The van der Waals surface area contributed by atoms with E-state index in [4.69, 9.17) is 10.6 Å². The van der Waals surface area contributed by atoms with Crippen LogP contribution < -0.4 is 16.0 Å². The molecule has 21 heavy (non-hydrogen) atoms. The fourth-order valence-electron chi connectivity index (χ4n) is 2.58. The van der Waals surface area contributed by atoms with Crippen LogP contribution in [0.4, 0.5) is 8.78 Å². The van der Waals surface area contributed by atoms with Crippen molar-refractivity contribution in [2.75, 3.05) is 7.11 Å². The smallest absolute Gasteiger partial charge is 0.131 e. The number of nitrogens with two attached hydrogens (primary N) is 1. The number of rotatable bonds is 4. The molecule has 0 aliphatic heterocycles. The van der Waals surface area contributed by atoms with Crippen LogP contribution in [0.3, 0.4) is 0 Å². The van der Waals surface area contributed by atoms with Crippen LogP contribution in [0, 0.1) is 25.5 Å². The average Bonchev–Trinajstić information content (AvgIpc) is 2.43. The van der Waals surface area contributed by atoms with Gasteiger partial charge in [-0.1, -0.05) is 12.1 Å². The normalized spacial score (nSPS) is 12.3. The van der Waals surface area contributed by atoms with E-state index in [0.717, 1.165) is 11.1 Å². The second-order valence-electron chi connectivity index (χ2n) is 4.93. The van der Waals surface area contributed by atoms with Crippen molar-refractivity contribution in [2.24, 2.45) is 5.84 Å². The first-order chi connectivity index (χ1) is 9.99. The Kier molecular flexibility index (Phi) is 4.55. The van der Waals surface area contributed by atoms with Crippen molar-refractivity contribution in [1.29, 1.82) is 0 Å². The molecule has 112 valence electrons. The van der Waals surface area contributed by atoms with Gasteiger partial charge in [0, 0.05) is 11.1 Å². The Morgan fingerprint density at radius 2 is 1.71 bits per heavy atom. The highest BCUT2D eigenvalue weighted by Crippen LogP contribution is 2.35. The standard InChI is InChI=1S/C16H18F2N2O/c1-9-7-10(2)14(13(8-9)21-3)16(20-19)15-11(17)5-4-6-12(15)18/h4-8,16,20H,19H2,1-3H3. The number of benzene rings is 2. The van der Waals surface area contributed by atoms with Crippen LogP contribution in [-0.4, -0.2) is 7.11 Å². The van der Waals surface area contributed by atoms with Crippen molar-refractivity contribution in [3.8, 4) is 5.75 Å². The van der Waals surface area contributed by atoms with E-state index < -0.39 is 17.7 Å². The van der Waals surface area contributed by atoms with Crippen molar-refractivity contribution in [1.82, 2.24) is 5.43 Å². The molecular formula is C16H18F2N2O. The van der Waals surface area contributed by atoms with E-state index in [0.29, 0.717) is 11.3 Å². The largest absolute Gasteiger partial charge is 0.496 e. The average molecular weight is 292 g/mol. The van der Waals surface area contributed by atoms with Crippen molar-refractivity contribution < 1.29 is 13.5 Å². The summed E-state index contributed by atoms with van der Waals surface area (Å²) in [6.45, 7) is 3.78. The Labute approximate surface area is 122 Å². The van der Waals surface area contributed by atoms with Crippen LogP contribution in [-0.2, 0) is 0 Å². The molecule has 1 unspecified atom stereocenters. The number of methoxy groups -OCH3 is 1. The third-order valence-electron chi connectivity index (χ3n) is 3.46. The van der Waals surface area contributed by atoms with Gasteiger partial charge in [-0.3, -0.25) is 5.84 Å². The SMILES string of the molecule is COc1cc(C)cc(C)c1C(NN)c1c(F)cccc1F. The summed E-state index contributed by atoms with van der Waals surface area (Å²) in [4.78, 5) is 0. The zero-order chi connectivity index (χ0) is 15.6. The van der Waals surface area contributed by atoms with E-state index in [-0.39, 0.29) is 5.56 Å². The monoisotopic (exact) mass is 292 g/mol. The van der Waals surface area contributed by atoms with Gasteiger partial charge in [0.05, 0.1) is 13.2 Å². The summed E-state index contributed by atoms with van der Waals surface area (Å²) in [5.74, 6) is 4.80. The summed E-state index contributed by atoms with van der Waals surface area (Å²) in [5, 5.41) is 0. The molecule has 0 radical (unpaired) electrons. The highest BCUT2D eigenvalue weighted by molar-refractivity contribution is 5.49. The zero-order valence-electron chi connectivity index (χ0n) is 12.2. The third-order valence-corrected chi connectivity index (χ3v) is 3.46. The Morgan fingerprint density at radius 1 is 1.10 bits per heavy atom. The Hall–Kier alpha value is -1.98. The fraction of sp³-hybridized carbons (Fsp3) is 0.250.